The van der Waals surface area contributed by atoms with Crippen LogP contribution in [0.15, 0.2) is 35.9 Å². The van der Waals surface area contributed by atoms with Crippen molar-refractivity contribution in [3.8, 4) is 5.75 Å². The number of nitrogens with one attached hydrogen (secondary N) is 1. The summed E-state index contributed by atoms with van der Waals surface area (Å²) in [4.78, 5) is 29.4. The number of fused-ring (bicyclic) bond motifs is 5. The van der Waals surface area contributed by atoms with Crippen molar-refractivity contribution in [1.82, 2.24) is 10.2 Å². The maximum Gasteiger partial charge on any atom is 0.247 e. The zero-order chi connectivity index (χ0) is 25.5. The topological polar surface area (TPSA) is 99.1 Å². The van der Waals surface area contributed by atoms with Crippen LogP contribution in [-0.4, -0.2) is 64.4 Å². The maximum atomic E-state index is 14.1. The minimum Gasteiger partial charge on any atom is -0.486 e. The van der Waals surface area contributed by atoms with Crippen molar-refractivity contribution in [2.75, 3.05) is 13.2 Å². The molecule has 2 bridgehead atoms. The molecule has 5 aliphatic rings. The Labute approximate surface area is 219 Å². The Bertz CT molecular complexity index is 1050. The third-order valence-electron chi connectivity index (χ3n) is 9.78. The highest BCUT2D eigenvalue weighted by Gasteiger charge is 2.52. The molecule has 7 unspecified atom stereocenters. The van der Waals surface area contributed by atoms with Crippen molar-refractivity contribution < 1.29 is 24.5 Å². The van der Waals surface area contributed by atoms with E-state index in [0.717, 1.165) is 43.6 Å². The van der Waals surface area contributed by atoms with Crippen LogP contribution in [0.2, 0.25) is 0 Å². The van der Waals surface area contributed by atoms with E-state index in [1.54, 1.807) is 0 Å². The lowest BCUT2D eigenvalue weighted by atomic mass is 9.76. The number of carbonyl (C=O) groups is 2. The first-order valence-electron chi connectivity index (χ1n) is 14.4. The van der Waals surface area contributed by atoms with Crippen LogP contribution >= 0.6 is 0 Å². The number of ether oxygens (including phenoxy) is 1. The Kier molecular flexibility index (Phi) is 7.01. The number of benzene rings is 1. The summed E-state index contributed by atoms with van der Waals surface area (Å²) in [6.07, 6.45) is 11.0. The highest BCUT2D eigenvalue weighted by atomic mass is 16.5. The van der Waals surface area contributed by atoms with E-state index in [0.29, 0.717) is 29.6 Å². The molecule has 0 saturated heterocycles. The number of hydrogen-bond acceptors (Lipinski definition) is 5. The molecule has 0 radical (unpaired) electrons. The second-order valence-electron chi connectivity index (χ2n) is 11.9. The molecule has 7 atom stereocenters. The zero-order valence-electron chi connectivity index (χ0n) is 21.6. The van der Waals surface area contributed by atoms with Crippen molar-refractivity contribution in [2.45, 2.75) is 94.4 Å². The van der Waals surface area contributed by atoms with Gasteiger partial charge in [0.05, 0.1) is 18.6 Å². The van der Waals surface area contributed by atoms with Gasteiger partial charge in [0.1, 0.15) is 18.0 Å². The first kappa shape index (κ1) is 24.9. The molecule has 0 aromatic heterocycles. The Morgan fingerprint density at radius 3 is 2.59 bits per heavy atom. The number of nitrogens with zero attached hydrogens (tertiary/aromatic N) is 1. The average Bonchev–Trinajstić information content (AvgIpc) is 3.64. The molecule has 1 aromatic carbocycles. The number of aliphatic hydroxyl groups is 2. The lowest BCUT2D eigenvalue weighted by Gasteiger charge is -2.45. The summed E-state index contributed by atoms with van der Waals surface area (Å²) in [6.45, 7) is 0.00127. The highest BCUT2D eigenvalue weighted by molar-refractivity contribution is 5.96. The molecule has 3 N–H and O–H groups in total. The molecule has 7 nitrogen and oxygen atoms in total. The molecular weight excluding hydrogens is 468 g/mol. The number of rotatable bonds is 7. The summed E-state index contributed by atoms with van der Waals surface area (Å²) >= 11 is 0. The minimum atomic E-state index is -0.933. The molecule has 3 fully saturated rings. The fraction of sp³-hybridized carbons (Fsp3) is 0.667. The van der Waals surface area contributed by atoms with Crippen LogP contribution in [0.5, 0.6) is 5.75 Å². The first-order chi connectivity index (χ1) is 18.0. The van der Waals surface area contributed by atoms with Gasteiger partial charge in [0.2, 0.25) is 11.8 Å². The van der Waals surface area contributed by atoms with E-state index >= 15 is 0 Å². The van der Waals surface area contributed by atoms with Crippen LogP contribution in [0.25, 0.3) is 0 Å². The van der Waals surface area contributed by atoms with Gasteiger partial charge in [-0.05, 0) is 62.0 Å². The number of amides is 2. The Hall–Kier alpha value is -2.38. The van der Waals surface area contributed by atoms with Gasteiger partial charge in [0.15, 0.2) is 0 Å². The molecule has 2 amide bonds. The molecule has 1 heterocycles. The number of carbonyl (C=O) groups excluding carboxylic acids is 2. The van der Waals surface area contributed by atoms with E-state index in [9.17, 15) is 19.8 Å². The summed E-state index contributed by atoms with van der Waals surface area (Å²) in [6, 6.07) is 7.08. The zero-order valence-corrected chi connectivity index (χ0v) is 21.6. The maximum absolute atomic E-state index is 14.1. The Morgan fingerprint density at radius 2 is 1.86 bits per heavy atom. The van der Waals surface area contributed by atoms with Gasteiger partial charge in [-0.3, -0.25) is 9.59 Å². The Morgan fingerprint density at radius 1 is 1.05 bits per heavy atom. The second-order valence-corrected chi connectivity index (χ2v) is 11.9. The molecule has 37 heavy (non-hydrogen) atoms. The predicted octanol–water partition coefficient (Wildman–Crippen LogP) is 3.30. The lowest BCUT2D eigenvalue weighted by Crippen LogP contribution is -2.59. The van der Waals surface area contributed by atoms with Crippen LogP contribution in [0.3, 0.4) is 0 Å². The SMILES string of the molecule is O=C(NCCO)C1=CC(N(C(=O)CC2CC3CCC2C3)C2CCCCC2)C(O)C2Oc3ccccc3C12. The van der Waals surface area contributed by atoms with Gasteiger partial charge >= 0.3 is 0 Å². The van der Waals surface area contributed by atoms with Crippen molar-refractivity contribution in [1.29, 1.82) is 0 Å². The summed E-state index contributed by atoms with van der Waals surface area (Å²) in [5.41, 5.74) is 1.40. The minimum absolute atomic E-state index is 0.0674. The molecule has 7 heteroatoms. The summed E-state index contributed by atoms with van der Waals surface area (Å²) in [5.74, 6) is 1.99. The molecular formula is C30H40N2O5. The van der Waals surface area contributed by atoms with Crippen molar-refractivity contribution in [2.24, 2.45) is 17.8 Å². The average molecular weight is 509 g/mol. The van der Waals surface area contributed by atoms with E-state index in [-0.39, 0.29) is 31.0 Å². The van der Waals surface area contributed by atoms with Crippen LogP contribution in [0.4, 0.5) is 0 Å². The molecule has 4 aliphatic carbocycles. The van der Waals surface area contributed by atoms with Crippen LogP contribution < -0.4 is 10.1 Å². The largest absolute Gasteiger partial charge is 0.486 e. The lowest BCUT2D eigenvalue weighted by molar-refractivity contribution is -0.142. The van der Waals surface area contributed by atoms with Gasteiger partial charge < -0.3 is 25.2 Å². The van der Waals surface area contributed by atoms with E-state index in [4.69, 9.17) is 4.74 Å². The first-order valence-corrected chi connectivity index (χ1v) is 14.4. The van der Waals surface area contributed by atoms with Gasteiger partial charge in [-0.25, -0.2) is 0 Å². The third-order valence-corrected chi connectivity index (χ3v) is 9.78. The quantitative estimate of drug-likeness (QED) is 0.525. The van der Waals surface area contributed by atoms with Gasteiger partial charge in [-0.2, -0.15) is 0 Å². The Balaban J connectivity index is 1.34. The summed E-state index contributed by atoms with van der Waals surface area (Å²) in [5, 5.41) is 23.9. The van der Waals surface area contributed by atoms with Crippen molar-refractivity contribution in [3.05, 3.63) is 41.5 Å². The third kappa shape index (κ3) is 4.59. The van der Waals surface area contributed by atoms with E-state index in [2.05, 4.69) is 5.32 Å². The smallest absolute Gasteiger partial charge is 0.247 e. The fourth-order valence-electron chi connectivity index (χ4n) is 8.09. The second kappa shape index (κ2) is 10.4. The van der Waals surface area contributed by atoms with E-state index in [1.807, 2.05) is 35.2 Å². The van der Waals surface area contributed by atoms with Crippen LogP contribution in [-0.2, 0) is 9.59 Å². The summed E-state index contributed by atoms with van der Waals surface area (Å²) in [7, 11) is 0. The number of aliphatic hydroxyl groups excluding tert-OH is 2. The van der Waals surface area contributed by atoms with E-state index in [1.165, 1.54) is 25.7 Å². The normalized spacial score (nSPS) is 34.3. The standard InChI is InChI=1S/C30H40N2O5/c33-13-12-31-30(36)23-17-24(28(35)29-27(23)22-8-4-5-9-25(22)37-29)32(21-6-2-1-3-7-21)26(34)16-20-15-18-10-11-19(20)14-18/h4-5,8-9,17-21,24,27-29,33,35H,1-3,6-7,10-16H2,(H,31,36). The molecule has 3 saturated carbocycles. The molecule has 200 valence electrons. The van der Waals surface area contributed by atoms with Crippen LogP contribution in [0, 0.1) is 17.8 Å². The monoisotopic (exact) mass is 508 g/mol. The van der Waals surface area contributed by atoms with Gasteiger partial charge in [0.25, 0.3) is 0 Å². The van der Waals surface area contributed by atoms with E-state index < -0.39 is 24.2 Å². The highest BCUT2D eigenvalue weighted by Crippen LogP contribution is 2.51. The molecule has 1 aromatic rings. The number of hydrogen-bond donors (Lipinski definition) is 3. The molecule has 1 aliphatic heterocycles. The predicted molar refractivity (Wildman–Crippen MR) is 139 cm³/mol. The summed E-state index contributed by atoms with van der Waals surface area (Å²) < 4.78 is 6.27. The number of para-hydroxylation sites is 1. The molecule has 6 rings (SSSR count). The molecule has 0 spiro atoms. The van der Waals surface area contributed by atoms with Gasteiger partial charge in [-0.1, -0.05) is 43.9 Å². The van der Waals surface area contributed by atoms with Crippen molar-refractivity contribution in [3.63, 3.8) is 0 Å². The van der Waals surface area contributed by atoms with Crippen LogP contribution in [0.1, 0.15) is 75.7 Å². The van der Waals surface area contributed by atoms with Crippen molar-refractivity contribution >= 4 is 11.8 Å². The van der Waals surface area contributed by atoms with Gasteiger partial charge in [-0.15, -0.1) is 0 Å². The fourth-order valence-corrected chi connectivity index (χ4v) is 8.09. The van der Waals surface area contributed by atoms with Gasteiger partial charge in [0, 0.05) is 30.1 Å².